The summed E-state index contributed by atoms with van der Waals surface area (Å²) < 4.78 is 15.6. The molecule has 3 N–H and O–H groups in total. The molecule has 28 heavy (non-hydrogen) atoms. The molecule has 0 atom stereocenters. The molecule has 4 aromatic rings. The molecule has 0 fully saturated rings. The number of nitrogens with zero attached hydrogens (tertiary/aromatic N) is 3. The normalized spacial score (nSPS) is 11.1. The van der Waals surface area contributed by atoms with Crippen LogP contribution in [0.5, 0.6) is 0 Å². The van der Waals surface area contributed by atoms with Crippen molar-refractivity contribution in [3.63, 3.8) is 0 Å². The van der Waals surface area contributed by atoms with Crippen molar-refractivity contribution in [2.45, 2.75) is 0 Å². The van der Waals surface area contributed by atoms with Crippen molar-refractivity contribution in [2.24, 2.45) is 5.73 Å². The molecule has 0 bridgehead atoms. The second-order valence-electron chi connectivity index (χ2n) is 5.80. The Hall–Kier alpha value is -3.23. The number of carbonyl (C=O) groups excluding carboxylic acids is 1. The Morgan fingerprint density at radius 2 is 1.89 bits per heavy atom. The molecule has 0 saturated heterocycles. The van der Waals surface area contributed by atoms with E-state index in [0.29, 0.717) is 10.7 Å². The molecule has 140 valence electrons. The molecule has 2 heterocycles. The smallest absolute Gasteiger partial charge is 0.332 e. The molecule has 7 nitrogen and oxygen atoms in total. The second-order valence-corrected chi connectivity index (χ2v) is 6.64. The third-order valence-electron chi connectivity index (χ3n) is 4.02. The third-order valence-corrected chi connectivity index (χ3v) is 4.57. The summed E-state index contributed by atoms with van der Waals surface area (Å²) in [5.74, 6) is -1.78. The number of imidazole rings is 1. The fraction of sp³-hybridized carbons (Fsp3) is 0. The van der Waals surface area contributed by atoms with Crippen molar-refractivity contribution in [1.29, 1.82) is 0 Å². The summed E-state index contributed by atoms with van der Waals surface area (Å²) in [6.07, 6.45) is 0. The van der Waals surface area contributed by atoms with Crippen LogP contribution in [-0.2, 0) is 0 Å². The van der Waals surface area contributed by atoms with Gasteiger partial charge in [-0.1, -0.05) is 35.3 Å². The van der Waals surface area contributed by atoms with E-state index in [1.54, 1.807) is 18.2 Å². The van der Waals surface area contributed by atoms with Crippen molar-refractivity contribution in [3.05, 3.63) is 74.5 Å². The average molecular weight is 418 g/mol. The summed E-state index contributed by atoms with van der Waals surface area (Å²) in [7, 11) is 0. The summed E-state index contributed by atoms with van der Waals surface area (Å²) in [6, 6.07) is 10.5. The van der Waals surface area contributed by atoms with Crippen LogP contribution >= 0.6 is 23.2 Å². The highest BCUT2D eigenvalue weighted by atomic mass is 35.5. The lowest BCUT2D eigenvalue weighted by molar-refractivity contribution is 0.0997. The quantitative estimate of drug-likeness (QED) is 0.532. The molecule has 2 aromatic heterocycles. The lowest BCUT2D eigenvalue weighted by Crippen LogP contribution is -2.15. The number of rotatable bonds is 3. The van der Waals surface area contributed by atoms with E-state index in [1.165, 1.54) is 28.8 Å². The van der Waals surface area contributed by atoms with Gasteiger partial charge in [-0.05, 0) is 30.3 Å². The van der Waals surface area contributed by atoms with Crippen LogP contribution in [0.25, 0.3) is 28.2 Å². The number of halogens is 3. The monoisotopic (exact) mass is 417 g/mol. The molecule has 0 aliphatic carbocycles. The molecule has 0 aliphatic rings. The van der Waals surface area contributed by atoms with E-state index < -0.39 is 17.4 Å². The number of hydrogen-bond donors (Lipinski definition) is 2. The maximum Gasteiger partial charge on any atom is 0.332 e. The van der Waals surface area contributed by atoms with E-state index in [2.05, 4.69) is 15.0 Å². The predicted octanol–water partition coefficient (Wildman–Crippen LogP) is 3.32. The molecular weight excluding hydrogens is 408 g/mol. The van der Waals surface area contributed by atoms with Crippen LogP contribution < -0.4 is 11.4 Å². The van der Waals surface area contributed by atoms with Gasteiger partial charge in [0.05, 0.1) is 16.3 Å². The van der Waals surface area contributed by atoms with Gasteiger partial charge in [0.2, 0.25) is 0 Å². The largest absolute Gasteiger partial charge is 0.364 e. The minimum Gasteiger partial charge on any atom is -0.364 e. The van der Waals surface area contributed by atoms with Gasteiger partial charge in [0, 0.05) is 5.02 Å². The first-order valence-corrected chi connectivity index (χ1v) is 8.65. The molecule has 4 rings (SSSR count). The minimum atomic E-state index is -0.916. The number of amides is 1. The number of aromatic amines is 1. The van der Waals surface area contributed by atoms with Gasteiger partial charge in [0.25, 0.3) is 5.91 Å². The highest BCUT2D eigenvalue weighted by molar-refractivity contribution is 6.33. The van der Waals surface area contributed by atoms with Crippen molar-refractivity contribution >= 4 is 40.3 Å². The summed E-state index contributed by atoms with van der Waals surface area (Å²) in [4.78, 5) is 35.3. The molecule has 10 heteroatoms. The highest BCUT2D eigenvalue weighted by Gasteiger charge is 2.22. The van der Waals surface area contributed by atoms with Crippen LogP contribution in [0.15, 0.2) is 47.3 Å². The van der Waals surface area contributed by atoms with Crippen LogP contribution in [0.3, 0.4) is 0 Å². The Morgan fingerprint density at radius 1 is 1.14 bits per heavy atom. The molecule has 0 radical (unpaired) electrons. The molecule has 0 saturated carbocycles. The van der Waals surface area contributed by atoms with Gasteiger partial charge in [-0.25, -0.2) is 23.7 Å². The topological polar surface area (TPSA) is 107 Å². The first-order valence-electron chi connectivity index (χ1n) is 7.89. The molecule has 2 aromatic carbocycles. The van der Waals surface area contributed by atoms with E-state index in [-0.39, 0.29) is 33.3 Å². The lowest BCUT2D eigenvalue weighted by Gasteiger charge is -2.08. The molecule has 0 aliphatic heterocycles. The third kappa shape index (κ3) is 2.92. The fourth-order valence-corrected chi connectivity index (χ4v) is 3.27. The van der Waals surface area contributed by atoms with Crippen molar-refractivity contribution in [1.82, 2.24) is 19.5 Å². The molecule has 0 spiro atoms. The Morgan fingerprint density at radius 3 is 2.57 bits per heavy atom. The minimum absolute atomic E-state index is 0.0219. The summed E-state index contributed by atoms with van der Waals surface area (Å²) in [5.41, 5.74) is 4.89. The number of nitrogens with one attached hydrogen (secondary N) is 1. The molecule has 1 amide bonds. The van der Waals surface area contributed by atoms with Crippen LogP contribution in [0.2, 0.25) is 10.0 Å². The zero-order valence-electron chi connectivity index (χ0n) is 13.9. The number of benzene rings is 2. The predicted molar refractivity (Wildman–Crippen MR) is 103 cm³/mol. The number of primary amides is 1. The Bertz CT molecular complexity index is 1300. The molecular formula is C18H10Cl2FN5O2. The SMILES string of the molecule is NC(=O)c1nc(-c2c(F)cccc2Cl)nc2c1[nH]c(=O)n2-c1cccc(Cl)c1. The number of aromatic nitrogens is 4. The van der Waals surface area contributed by atoms with E-state index in [4.69, 9.17) is 28.9 Å². The average Bonchev–Trinajstić information content (AvgIpc) is 2.96. The summed E-state index contributed by atoms with van der Waals surface area (Å²) in [5, 5.41) is 0.433. The molecule has 0 unspecified atom stereocenters. The van der Waals surface area contributed by atoms with Gasteiger partial charge < -0.3 is 10.7 Å². The van der Waals surface area contributed by atoms with E-state index in [1.807, 2.05) is 0 Å². The van der Waals surface area contributed by atoms with Crippen LogP contribution in [-0.4, -0.2) is 25.4 Å². The maximum absolute atomic E-state index is 14.4. The Balaban J connectivity index is 2.12. The summed E-state index contributed by atoms with van der Waals surface area (Å²) >= 11 is 12.1. The first-order chi connectivity index (χ1) is 13.4. The fourth-order valence-electron chi connectivity index (χ4n) is 2.84. The van der Waals surface area contributed by atoms with Crippen molar-refractivity contribution in [3.8, 4) is 17.1 Å². The zero-order valence-corrected chi connectivity index (χ0v) is 15.4. The van der Waals surface area contributed by atoms with E-state index >= 15 is 0 Å². The van der Waals surface area contributed by atoms with Gasteiger partial charge >= 0.3 is 5.69 Å². The van der Waals surface area contributed by atoms with Crippen LogP contribution in [0.1, 0.15) is 10.5 Å². The summed E-state index contributed by atoms with van der Waals surface area (Å²) in [6.45, 7) is 0. The van der Waals surface area contributed by atoms with Gasteiger partial charge in [-0.2, -0.15) is 0 Å². The van der Waals surface area contributed by atoms with Crippen molar-refractivity contribution in [2.75, 3.05) is 0 Å². The zero-order chi connectivity index (χ0) is 20.0. The number of carbonyl (C=O) groups is 1. The van der Waals surface area contributed by atoms with Gasteiger partial charge in [-0.3, -0.25) is 4.79 Å². The van der Waals surface area contributed by atoms with Gasteiger partial charge in [0.1, 0.15) is 11.3 Å². The number of H-pyrrole nitrogens is 1. The van der Waals surface area contributed by atoms with Crippen LogP contribution in [0, 0.1) is 5.82 Å². The number of fused-ring (bicyclic) bond motifs is 1. The standard InChI is InChI=1S/C18H10Cl2FN5O2/c19-8-3-1-4-9(7-8)26-17-14(24-18(26)28)13(15(22)27)23-16(25-17)12-10(20)5-2-6-11(12)21/h1-7H,(H2,22,27)(H,24,28). The lowest BCUT2D eigenvalue weighted by atomic mass is 10.2. The van der Waals surface area contributed by atoms with Crippen molar-refractivity contribution < 1.29 is 9.18 Å². The Kier molecular flexibility index (Phi) is 4.37. The first kappa shape index (κ1) is 18.1. The highest BCUT2D eigenvalue weighted by Crippen LogP contribution is 2.30. The van der Waals surface area contributed by atoms with E-state index in [0.717, 1.165) is 0 Å². The van der Waals surface area contributed by atoms with E-state index in [9.17, 15) is 14.0 Å². The van der Waals surface area contributed by atoms with Gasteiger partial charge in [-0.15, -0.1) is 0 Å². The van der Waals surface area contributed by atoms with Crippen LogP contribution in [0.4, 0.5) is 4.39 Å². The second kappa shape index (κ2) is 6.74. The number of nitrogens with two attached hydrogens (primary N) is 1. The Labute approximate surface area is 166 Å². The van der Waals surface area contributed by atoms with Gasteiger partial charge in [0.15, 0.2) is 17.2 Å². The number of hydrogen-bond acceptors (Lipinski definition) is 4. The maximum atomic E-state index is 14.4.